The molecule has 0 fully saturated rings. The van der Waals surface area contributed by atoms with Gasteiger partial charge in [0.2, 0.25) is 0 Å². The zero-order valence-electron chi connectivity index (χ0n) is 5.76. The van der Waals surface area contributed by atoms with Gasteiger partial charge in [0.25, 0.3) is 0 Å². The second kappa shape index (κ2) is 1.84. The predicted octanol–water partition coefficient (Wildman–Crippen LogP) is 2.12. The fraction of sp³-hybridized carbons (Fsp3) is 0.125. The third-order valence-corrected chi connectivity index (χ3v) is 1.52. The van der Waals surface area contributed by atoms with Crippen LogP contribution in [0.2, 0.25) is 0 Å². The standard InChI is InChI=1S/C8H8N2.H2/c1-6-5-8-7(10-6)3-2-4-9-8;/h2-5,10H,1H3;1H. The molecule has 2 aromatic rings. The number of nitrogens with zero attached hydrogens (tertiary/aromatic N) is 1. The summed E-state index contributed by atoms with van der Waals surface area (Å²) in [6.45, 7) is 2.03. The van der Waals surface area contributed by atoms with Gasteiger partial charge in [-0.2, -0.15) is 0 Å². The average molecular weight is 134 g/mol. The van der Waals surface area contributed by atoms with Gasteiger partial charge in [0, 0.05) is 13.3 Å². The van der Waals surface area contributed by atoms with Crippen LogP contribution in [0.4, 0.5) is 0 Å². The lowest BCUT2D eigenvalue weighted by Gasteiger charge is -1.83. The number of hydrogen-bond donors (Lipinski definition) is 1. The molecule has 0 saturated carbocycles. The molecule has 0 aliphatic rings. The lowest BCUT2D eigenvalue weighted by Crippen LogP contribution is -1.69. The molecule has 2 rings (SSSR count). The maximum Gasteiger partial charge on any atom is 0.0881 e. The van der Waals surface area contributed by atoms with Crippen LogP contribution in [0.15, 0.2) is 24.4 Å². The first-order valence-corrected chi connectivity index (χ1v) is 3.26. The maximum atomic E-state index is 4.17. The average Bonchev–Trinajstić information content (AvgIpc) is 2.27. The van der Waals surface area contributed by atoms with E-state index in [0.29, 0.717) is 0 Å². The summed E-state index contributed by atoms with van der Waals surface area (Å²) in [5, 5.41) is 0. The van der Waals surface area contributed by atoms with Crippen molar-refractivity contribution in [3.8, 4) is 0 Å². The van der Waals surface area contributed by atoms with E-state index in [2.05, 4.69) is 9.97 Å². The van der Waals surface area contributed by atoms with Crippen LogP contribution in [0, 0.1) is 6.92 Å². The van der Waals surface area contributed by atoms with Gasteiger partial charge < -0.3 is 4.98 Å². The van der Waals surface area contributed by atoms with Crippen LogP contribution in [0.1, 0.15) is 7.12 Å². The van der Waals surface area contributed by atoms with Gasteiger partial charge in [-0.25, -0.2) is 0 Å². The Morgan fingerprint density at radius 3 is 3.30 bits per heavy atom. The summed E-state index contributed by atoms with van der Waals surface area (Å²) < 4.78 is 0. The fourth-order valence-electron chi connectivity index (χ4n) is 1.09. The first-order chi connectivity index (χ1) is 4.86. The first-order valence-electron chi connectivity index (χ1n) is 3.26. The van der Waals surface area contributed by atoms with E-state index in [0.717, 1.165) is 16.7 Å². The Morgan fingerprint density at radius 1 is 1.60 bits per heavy atom. The van der Waals surface area contributed by atoms with Gasteiger partial charge in [0.05, 0.1) is 11.0 Å². The quantitative estimate of drug-likeness (QED) is 0.587. The van der Waals surface area contributed by atoms with Crippen LogP contribution >= 0.6 is 0 Å². The van der Waals surface area contributed by atoms with Gasteiger partial charge in [-0.15, -0.1) is 0 Å². The molecule has 2 nitrogen and oxygen atoms in total. The highest BCUT2D eigenvalue weighted by Gasteiger charge is 1.93. The molecule has 2 aromatic heterocycles. The maximum absolute atomic E-state index is 4.17. The van der Waals surface area contributed by atoms with Crippen molar-refractivity contribution in [3.05, 3.63) is 30.1 Å². The number of H-pyrrole nitrogens is 1. The molecule has 10 heavy (non-hydrogen) atoms. The molecular formula is C8H10N2. The summed E-state index contributed by atoms with van der Waals surface area (Å²) in [4.78, 5) is 7.37. The minimum atomic E-state index is 0. The topological polar surface area (TPSA) is 28.7 Å². The summed E-state index contributed by atoms with van der Waals surface area (Å²) in [5.74, 6) is 0. The summed E-state index contributed by atoms with van der Waals surface area (Å²) in [5.41, 5.74) is 3.31. The Hall–Kier alpha value is -1.31. The normalized spacial score (nSPS) is 10.5. The molecule has 0 radical (unpaired) electrons. The molecule has 0 spiro atoms. The van der Waals surface area contributed by atoms with E-state index in [-0.39, 0.29) is 1.43 Å². The van der Waals surface area contributed by atoms with E-state index in [9.17, 15) is 0 Å². The van der Waals surface area contributed by atoms with Gasteiger partial charge in [-0.3, -0.25) is 4.98 Å². The Balaban J connectivity index is 0.000000605. The molecule has 2 heterocycles. The Labute approximate surface area is 60.4 Å². The Bertz CT molecular complexity index is 321. The second-order valence-electron chi connectivity index (χ2n) is 2.39. The SMILES string of the molecule is Cc1cc2ncccc2[nH]1.[HH]. The highest BCUT2D eigenvalue weighted by molar-refractivity contribution is 5.75. The monoisotopic (exact) mass is 134 g/mol. The number of fused-ring (bicyclic) bond motifs is 1. The van der Waals surface area contributed by atoms with Crippen LogP contribution < -0.4 is 0 Å². The van der Waals surface area contributed by atoms with Crippen LogP contribution in [0.5, 0.6) is 0 Å². The zero-order chi connectivity index (χ0) is 6.97. The molecule has 0 amide bonds. The molecule has 0 unspecified atom stereocenters. The number of pyridine rings is 1. The Kier molecular flexibility index (Phi) is 1.01. The minimum Gasteiger partial charge on any atom is -0.357 e. The number of nitrogens with one attached hydrogen (secondary N) is 1. The van der Waals surface area contributed by atoms with Gasteiger partial charge >= 0.3 is 0 Å². The van der Waals surface area contributed by atoms with Crippen molar-refractivity contribution in [1.82, 2.24) is 9.97 Å². The molecule has 1 N–H and O–H groups in total. The van der Waals surface area contributed by atoms with E-state index in [1.165, 1.54) is 0 Å². The van der Waals surface area contributed by atoms with Crippen molar-refractivity contribution in [2.24, 2.45) is 0 Å². The van der Waals surface area contributed by atoms with Crippen LogP contribution in [-0.2, 0) is 0 Å². The summed E-state index contributed by atoms with van der Waals surface area (Å²) >= 11 is 0. The van der Waals surface area contributed by atoms with Gasteiger partial charge in [-0.05, 0) is 25.1 Å². The van der Waals surface area contributed by atoms with Crippen molar-refractivity contribution < 1.29 is 1.43 Å². The van der Waals surface area contributed by atoms with Crippen LogP contribution in [-0.4, -0.2) is 9.97 Å². The molecule has 2 heteroatoms. The number of aromatic amines is 1. The fourth-order valence-corrected chi connectivity index (χ4v) is 1.09. The molecular weight excluding hydrogens is 124 g/mol. The van der Waals surface area contributed by atoms with Crippen LogP contribution in [0.3, 0.4) is 0 Å². The molecule has 0 aliphatic heterocycles. The first kappa shape index (κ1) is 5.47. The van der Waals surface area contributed by atoms with E-state index in [4.69, 9.17) is 0 Å². The van der Waals surface area contributed by atoms with Gasteiger partial charge in [-0.1, -0.05) is 0 Å². The Morgan fingerprint density at radius 2 is 2.50 bits per heavy atom. The summed E-state index contributed by atoms with van der Waals surface area (Å²) in [7, 11) is 0. The third-order valence-electron chi connectivity index (χ3n) is 1.52. The number of aryl methyl sites for hydroxylation is 1. The van der Waals surface area contributed by atoms with Crippen molar-refractivity contribution >= 4 is 11.0 Å². The lowest BCUT2D eigenvalue weighted by atomic mass is 10.4. The molecule has 52 valence electrons. The highest BCUT2D eigenvalue weighted by Crippen LogP contribution is 2.09. The van der Waals surface area contributed by atoms with E-state index < -0.39 is 0 Å². The number of hydrogen-bond acceptors (Lipinski definition) is 1. The number of rotatable bonds is 0. The van der Waals surface area contributed by atoms with Crippen LogP contribution in [0.25, 0.3) is 11.0 Å². The highest BCUT2D eigenvalue weighted by atomic mass is 14.8. The van der Waals surface area contributed by atoms with Crippen molar-refractivity contribution in [1.29, 1.82) is 0 Å². The van der Waals surface area contributed by atoms with E-state index in [1.54, 1.807) is 6.20 Å². The smallest absolute Gasteiger partial charge is 0.0881 e. The number of aromatic nitrogens is 2. The third kappa shape index (κ3) is 0.692. The van der Waals surface area contributed by atoms with Gasteiger partial charge in [0.15, 0.2) is 0 Å². The van der Waals surface area contributed by atoms with Crippen molar-refractivity contribution in [3.63, 3.8) is 0 Å². The molecule has 0 saturated heterocycles. The van der Waals surface area contributed by atoms with Crippen molar-refractivity contribution in [2.75, 3.05) is 0 Å². The largest absolute Gasteiger partial charge is 0.357 e. The van der Waals surface area contributed by atoms with Gasteiger partial charge in [0.1, 0.15) is 0 Å². The summed E-state index contributed by atoms with van der Waals surface area (Å²) in [6, 6.07) is 5.99. The lowest BCUT2D eigenvalue weighted by molar-refractivity contribution is 1.30. The van der Waals surface area contributed by atoms with E-state index >= 15 is 0 Å². The predicted molar refractivity (Wildman–Crippen MR) is 42.9 cm³/mol. The minimum absolute atomic E-state index is 0. The summed E-state index contributed by atoms with van der Waals surface area (Å²) in [6.07, 6.45) is 1.80. The molecule has 0 atom stereocenters. The van der Waals surface area contributed by atoms with Crippen molar-refractivity contribution in [2.45, 2.75) is 6.92 Å². The molecule has 0 aliphatic carbocycles. The second-order valence-corrected chi connectivity index (χ2v) is 2.39. The molecule has 0 aromatic carbocycles. The molecule has 0 bridgehead atoms. The van der Waals surface area contributed by atoms with E-state index in [1.807, 2.05) is 25.1 Å². The zero-order valence-corrected chi connectivity index (χ0v) is 5.76.